The zero-order chi connectivity index (χ0) is 29.4. The van der Waals surface area contributed by atoms with Gasteiger partial charge < -0.3 is 10.1 Å². The molecular formula is C30H32N4O6S. The van der Waals surface area contributed by atoms with Crippen LogP contribution in [0.15, 0.2) is 83.8 Å². The maximum absolute atomic E-state index is 12.9. The van der Waals surface area contributed by atoms with Crippen molar-refractivity contribution in [2.24, 2.45) is 0 Å². The van der Waals surface area contributed by atoms with Gasteiger partial charge in [0.2, 0.25) is 15.9 Å². The molecule has 10 nitrogen and oxygen atoms in total. The van der Waals surface area contributed by atoms with Crippen LogP contribution in [0.4, 0.5) is 0 Å². The van der Waals surface area contributed by atoms with Crippen LogP contribution in [-0.4, -0.2) is 51.2 Å². The lowest BCUT2D eigenvalue weighted by molar-refractivity contribution is -0.174. The van der Waals surface area contributed by atoms with E-state index in [0.717, 1.165) is 23.8 Å². The van der Waals surface area contributed by atoms with Crippen LogP contribution < -0.4 is 10.0 Å². The number of carbonyl (C=O) groups excluding carboxylic acids is 2. The third-order valence-corrected chi connectivity index (χ3v) is 8.19. The van der Waals surface area contributed by atoms with E-state index in [1.165, 1.54) is 12.1 Å². The van der Waals surface area contributed by atoms with Gasteiger partial charge in [-0.25, -0.2) is 8.42 Å². The highest BCUT2D eigenvalue weighted by atomic mass is 32.2. The Balaban J connectivity index is 1.41. The monoisotopic (exact) mass is 576 g/mol. The number of amides is 1. The number of hydrogen-bond acceptors (Lipinski definition) is 8. The van der Waals surface area contributed by atoms with Gasteiger partial charge in [-0.2, -0.15) is 15.0 Å². The summed E-state index contributed by atoms with van der Waals surface area (Å²) in [5.41, 5.74) is 3.29. The first kappa shape index (κ1) is 29.9. The molecule has 0 saturated carbocycles. The van der Waals surface area contributed by atoms with Gasteiger partial charge >= 0.3 is 5.97 Å². The zero-order valence-electron chi connectivity index (χ0n) is 22.8. The average Bonchev–Trinajstić information content (AvgIpc) is 3.36. The number of ether oxygens (including phenoxy) is 1. The molecule has 3 aromatic rings. The quantitative estimate of drug-likeness (QED) is 0.332. The minimum Gasteiger partial charge on any atom is -0.468 e. The minimum atomic E-state index is -4.04. The summed E-state index contributed by atoms with van der Waals surface area (Å²) in [6.07, 6.45) is 0.0586. The molecule has 0 aromatic heterocycles. The van der Waals surface area contributed by atoms with Crippen LogP contribution in [0.2, 0.25) is 0 Å². The molecule has 214 valence electrons. The highest BCUT2D eigenvalue weighted by Gasteiger charge is 2.36. The fourth-order valence-electron chi connectivity index (χ4n) is 4.64. The summed E-state index contributed by atoms with van der Waals surface area (Å²) in [5, 5.41) is 13.6. The highest BCUT2D eigenvalue weighted by molar-refractivity contribution is 7.89. The summed E-state index contributed by atoms with van der Waals surface area (Å²) in [5.74, 6) is -1.23. The van der Waals surface area contributed by atoms with Crippen molar-refractivity contribution in [2.75, 3.05) is 13.7 Å². The van der Waals surface area contributed by atoms with Crippen LogP contribution in [0.5, 0.6) is 0 Å². The van der Waals surface area contributed by atoms with Gasteiger partial charge in [0, 0.05) is 13.1 Å². The number of esters is 1. The first-order chi connectivity index (χ1) is 19.7. The molecule has 1 heterocycles. The number of hydrogen-bond donors (Lipinski definition) is 2. The number of methoxy groups -OCH3 is 1. The Labute approximate surface area is 239 Å². The van der Waals surface area contributed by atoms with E-state index in [1.807, 2.05) is 47.5 Å². The maximum Gasteiger partial charge on any atom is 0.325 e. The third kappa shape index (κ3) is 7.99. The SMILES string of the molecule is COC(=O)[C@H](CNC(=O)CC1CC(c2ccc(C#N)cc2)N(Cc2ccccc2)O1)NS(=O)(=O)c1cccc(C)c1. The number of nitriles is 1. The smallest absolute Gasteiger partial charge is 0.325 e. The Morgan fingerprint density at radius 3 is 2.49 bits per heavy atom. The van der Waals surface area contributed by atoms with Gasteiger partial charge in [-0.15, -0.1) is 0 Å². The minimum absolute atomic E-state index is 0.00338. The van der Waals surface area contributed by atoms with Gasteiger partial charge in [0.15, 0.2) is 0 Å². The maximum atomic E-state index is 12.9. The molecule has 0 aliphatic carbocycles. The summed E-state index contributed by atoms with van der Waals surface area (Å²) in [4.78, 5) is 31.5. The summed E-state index contributed by atoms with van der Waals surface area (Å²) in [6.45, 7) is 1.96. The molecule has 0 spiro atoms. The van der Waals surface area contributed by atoms with E-state index >= 15 is 0 Å². The lowest BCUT2D eigenvalue weighted by Crippen LogP contribution is -2.49. The largest absolute Gasteiger partial charge is 0.468 e. The Kier molecular flexibility index (Phi) is 9.86. The molecule has 4 rings (SSSR count). The van der Waals surface area contributed by atoms with Crippen molar-refractivity contribution in [3.63, 3.8) is 0 Å². The molecule has 1 aliphatic heterocycles. The normalized spacial score (nSPS) is 17.9. The van der Waals surface area contributed by atoms with Gasteiger partial charge in [-0.3, -0.25) is 14.4 Å². The molecule has 0 radical (unpaired) electrons. The first-order valence-electron chi connectivity index (χ1n) is 13.1. The Hall–Kier alpha value is -4.08. The van der Waals surface area contributed by atoms with Crippen molar-refractivity contribution < 1.29 is 27.6 Å². The van der Waals surface area contributed by atoms with Gasteiger partial charge in [-0.1, -0.05) is 54.6 Å². The molecule has 2 N–H and O–H groups in total. The lowest BCUT2D eigenvalue weighted by Gasteiger charge is -2.23. The average molecular weight is 577 g/mol. The zero-order valence-corrected chi connectivity index (χ0v) is 23.6. The van der Waals surface area contributed by atoms with E-state index in [4.69, 9.17) is 14.8 Å². The number of carbonyl (C=O) groups is 2. The lowest BCUT2D eigenvalue weighted by atomic mass is 9.99. The highest BCUT2D eigenvalue weighted by Crippen LogP contribution is 2.36. The number of hydroxylamine groups is 2. The fourth-order valence-corrected chi connectivity index (χ4v) is 5.93. The summed E-state index contributed by atoms with van der Waals surface area (Å²) in [7, 11) is -2.89. The van der Waals surface area contributed by atoms with E-state index in [9.17, 15) is 18.0 Å². The summed E-state index contributed by atoms with van der Waals surface area (Å²) >= 11 is 0. The molecule has 1 saturated heterocycles. The molecular weight excluding hydrogens is 544 g/mol. The molecule has 1 aliphatic rings. The number of sulfonamides is 1. The van der Waals surface area contributed by atoms with Crippen LogP contribution in [-0.2, 0) is 35.7 Å². The van der Waals surface area contributed by atoms with E-state index in [2.05, 4.69) is 16.1 Å². The topological polar surface area (TPSA) is 138 Å². The van der Waals surface area contributed by atoms with Crippen LogP contribution in [0, 0.1) is 18.3 Å². The number of benzene rings is 3. The van der Waals surface area contributed by atoms with Crippen LogP contribution >= 0.6 is 0 Å². The third-order valence-electron chi connectivity index (χ3n) is 6.72. The number of nitrogens with one attached hydrogen (secondary N) is 2. The standard InChI is InChI=1S/C30H32N4O6S/c1-21-7-6-10-26(15-21)41(37,38)33-27(30(36)39-2)19-32-29(35)17-25-16-28(24-13-11-22(18-31)12-14-24)34(40-25)20-23-8-4-3-5-9-23/h3-15,25,27-28,33H,16-17,19-20H2,1-2H3,(H,32,35)/t25?,27-,28?/m0/s1. The van der Waals surface area contributed by atoms with Crippen molar-refractivity contribution >= 4 is 21.9 Å². The van der Waals surface area contributed by atoms with Crippen LogP contribution in [0.25, 0.3) is 0 Å². The Morgan fingerprint density at radius 2 is 1.83 bits per heavy atom. The molecule has 0 bridgehead atoms. The van der Waals surface area contributed by atoms with Crippen molar-refractivity contribution in [3.8, 4) is 6.07 Å². The van der Waals surface area contributed by atoms with Gasteiger partial charge in [0.1, 0.15) is 6.04 Å². The van der Waals surface area contributed by atoms with Crippen molar-refractivity contribution in [2.45, 2.75) is 49.4 Å². The molecule has 3 atom stereocenters. The molecule has 1 amide bonds. The molecule has 2 unspecified atom stereocenters. The second-order valence-corrected chi connectivity index (χ2v) is 11.5. The molecule has 41 heavy (non-hydrogen) atoms. The summed E-state index contributed by atoms with van der Waals surface area (Å²) in [6, 6.07) is 24.0. The Bertz CT molecular complexity index is 1510. The molecule has 3 aromatic carbocycles. The van der Waals surface area contributed by atoms with Crippen molar-refractivity contribution in [1.29, 1.82) is 5.26 Å². The van der Waals surface area contributed by atoms with Crippen molar-refractivity contribution in [1.82, 2.24) is 15.1 Å². The van der Waals surface area contributed by atoms with Gasteiger partial charge in [0.05, 0.1) is 42.2 Å². The first-order valence-corrected chi connectivity index (χ1v) is 14.6. The van der Waals surface area contributed by atoms with E-state index in [1.54, 1.807) is 31.2 Å². The van der Waals surface area contributed by atoms with Crippen LogP contribution in [0.1, 0.15) is 41.1 Å². The van der Waals surface area contributed by atoms with E-state index in [-0.39, 0.29) is 23.9 Å². The van der Waals surface area contributed by atoms with E-state index in [0.29, 0.717) is 18.5 Å². The predicted molar refractivity (Wildman–Crippen MR) is 150 cm³/mol. The second-order valence-electron chi connectivity index (χ2n) is 9.80. The van der Waals surface area contributed by atoms with Crippen LogP contribution in [0.3, 0.4) is 0 Å². The number of rotatable bonds is 11. The number of nitrogens with zero attached hydrogens (tertiary/aromatic N) is 2. The second kappa shape index (κ2) is 13.5. The van der Waals surface area contributed by atoms with Gasteiger partial charge in [-0.05, 0) is 54.3 Å². The molecule has 1 fully saturated rings. The summed E-state index contributed by atoms with van der Waals surface area (Å²) < 4.78 is 32.8. The van der Waals surface area contributed by atoms with Gasteiger partial charge in [0.25, 0.3) is 0 Å². The fraction of sp³-hybridized carbons (Fsp3) is 0.300. The molecule has 11 heteroatoms. The van der Waals surface area contributed by atoms with Crippen molar-refractivity contribution in [3.05, 3.63) is 101 Å². The Morgan fingerprint density at radius 1 is 1.10 bits per heavy atom. The van der Waals surface area contributed by atoms with E-state index < -0.39 is 34.0 Å². The number of aryl methyl sites for hydroxylation is 1. The predicted octanol–water partition coefficient (Wildman–Crippen LogP) is 3.14.